The summed E-state index contributed by atoms with van der Waals surface area (Å²) in [5, 5.41) is 16.6. The lowest BCUT2D eigenvalue weighted by Crippen LogP contribution is -2.57. The van der Waals surface area contributed by atoms with Crippen molar-refractivity contribution in [3.8, 4) is 0 Å². The number of aliphatic carboxylic acids is 1. The number of carbonyl (C=O) groups excluding carboxylic acids is 4. The normalized spacial score (nSPS) is 13.4. The molecule has 3 unspecified atom stereocenters. The quantitative estimate of drug-likeness (QED) is 0.166. The smallest absolute Gasteiger partial charge is 0.326 e. The average Bonchev–Trinajstić information content (AvgIpc) is 2.74. The molecule has 31 heavy (non-hydrogen) atoms. The van der Waals surface area contributed by atoms with E-state index in [1.165, 1.54) is 0 Å². The first-order chi connectivity index (χ1) is 14.7. The van der Waals surface area contributed by atoms with Gasteiger partial charge in [0, 0.05) is 18.6 Å². The Morgan fingerprint density at radius 2 is 1.52 bits per heavy atom. The number of hydrogen-bond donors (Lipinski definition) is 7. The minimum atomic E-state index is -1.26. The number of rotatable bonds is 13. The van der Waals surface area contributed by atoms with E-state index in [-0.39, 0.29) is 31.6 Å². The molecule has 12 heteroatoms. The predicted octanol–water partition coefficient (Wildman–Crippen LogP) is -2.08. The van der Waals surface area contributed by atoms with Gasteiger partial charge in [-0.2, -0.15) is 12.6 Å². The van der Waals surface area contributed by atoms with Gasteiger partial charge in [-0.3, -0.25) is 19.2 Å². The molecular formula is C19H27N5O6S. The van der Waals surface area contributed by atoms with Crippen LogP contribution in [0.5, 0.6) is 0 Å². The summed E-state index contributed by atoms with van der Waals surface area (Å²) in [6.07, 6.45) is -0.367. The summed E-state index contributed by atoms with van der Waals surface area (Å²) in [4.78, 5) is 59.4. The van der Waals surface area contributed by atoms with E-state index < -0.39 is 47.7 Å². The van der Waals surface area contributed by atoms with Crippen molar-refractivity contribution in [1.82, 2.24) is 16.0 Å². The predicted molar refractivity (Wildman–Crippen MR) is 115 cm³/mol. The van der Waals surface area contributed by atoms with Gasteiger partial charge >= 0.3 is 5.97 Å². The number of carboxylic acid groups (broad SMARTS) is 1. The molecular weight excluding hydrogens is 426 g/mol. The standard InChI is InChI=1S/C19H27N5O6S/c20-9-16(26)22-14(10-31)18(28)23-12(6-7-15(21)25)17(27)24-13(19(29)30)8-11-4-2-1-3-5-11/h1-5,12-14,31H,6-10,20H2,(H2,21,25)(H,22,26)(H,23,28)(H,24,27)(H,29,30). The lowest BCUT2D eigenvalue weighted by atomic mass is 10.0. The van der Waals surface area contributed by atoms with Crippen molar-refractivity contribution >= 4 is 42.2 Å². The zero-order chi connectivity index (χ0) is 23.4. The van der Waals surface area contributed by atoms with Crippen molar-refractivity contribution in [1.29, 1.82) is 0 Å². The third kappa shape index (κ3) is 9.49. The molecule has 8 N–H and O–H groups in total. The number of carbonyl (C=O) groups is 5. The van der Waals surface area contributed by atoms with E-state index in [0.29, 0.717) is 5.56 Å². The van der Waals surface area contributed by atoms with E-state index in [4.69, 9.17) is 11.5 Å². The summed E-state index contributed by atoms with van der Waals surface area (Å²) < 4.78 is 0. The molecule has 0 bridgehead atoms. The van der Waals surface area contributed by atoms with Gasteiger partial charge in [0.2, 0.25) is 23.6 Å². The Hall–Kier alpha value is -3.12. The lowest BCUT2D eigenvalue weighted by molar-refractivity contribution is -0.142. The maximum Gasteiger partial charge on any atom is 0.326 e. The minimum Gasteiger partial charge on any atom is -0.480 e. The fraction of sp³-hybridized carbons (Fsp3) is 0.421. The van der Waals surface area contributed by atoms with E-state index >= 15 is 0 Å². The third-order valence-electron chi connectivity index (χ3n) is 4.23. The molecule has 0 radical (unpaired) electrons. The Balaban J connectivity index is 2.92. The van der Waals surface area contributed by atoms with E-state index in [9.17, 15) is 29.1 Å². The molecule has 0 aromatic heterocycles. The average molecular weight is 454 g/mol. The molecule has 0 saturated carbocycles. The molecule has 0 heterocycles. The number of thiol groups is 1. The molecule has 3 atom stereocenters. The van der Waals surface area contributed by atoms with Crippen molar-refractivity contribution in [2.75, 3.05) is 12.3 Å². The van der Waals surface area contributed by atoms with Crippen LogP contribution in [0.2, 0.25) is 0 Å². The van der Waals surface area contributed by atoms with E-state index in [1.807, 2.05) is 0 Å². The van der Waals surface area contributed by atoms with Gasteiger partial charge in [0.25, 0.3) is 0 Å². The first-order valence-electron chi connectivity index (χ1n) is 9.44. The highest BCUT2D eigenvalue weighted by Gasteiger charge is 2.29. The van der Waals surface area contributed by atoms with Crippen LogP contribution in [0.15, 0.2) is 30.3 Å². The van der Waals surface area contributed by atoms with Crippen LogP contribution in [0, 0.1) is 0 Å². The van der Waals surface area contributed by atoms with Crippen LogP contribution in [-0.4, -0.2) is 65.1 Å². The summed E-state index contributed by atoms with van der Waals surface area (Å²) in [5.74, 6) is -4.18. The van der Waals surface area contributed by atoms with E-state index in [2.05, 4.69) is 28.6 Å². The van der Waals surface area contributed by atoms with Gasteiger partial charge in [-0.1, -0.05) is 30.3 Å². The summed E-state index contributed by atoms with van der Waals surface area (Å²) in [6.45, 7) is -0.344. The van der Waals surface area contributed by atoms with Crippen LogP contribution in [0.1, 0.15) is 18.4 Å². The Morgan fingerprint density at radius 3 is 2.03 bits per heavy atom. The zero-order valence-corrected chi connectivity index (χ0v) is 17.6. The van der Waals surface area contributed by atoms with Crippen LogP contribution in [-0.2, 0) is 30.4 Å². The first kappa shape index (κ1) is 25.9. The molecule has 0 saturated heterocycles. The molecule has 0 aliphatic heterocycles. The highest BCUT2D eigenvalue weighted by atomic mass is 32.1. The van der Waals surface area contributed by atoms with Gasteiger partial charge < -0.3 is 32.5 Å². The first-order valence-corrected chi connectivity index (χ1v) is 10.1. The van der Waals surface area contributed by atoms with Gasteiger partial charge in [-0.05, 0) is 12.0 Å². The second-order valence-electron chi connectivity index (χ2n) is 6.66. The second kappa shape index (κ2) is 13.2. The van der Waals surface area contributed by atoms with Crippen molar-refractivity contribution in [3.63, 3.8) is 0 Å². The molecule has 4 amide bonds. The zero-order valence-electron chi connectivity index (χ0n) is 16.7. The highest BCUT2D eigenvalue weighted by Crippen LogP contribution is 2.06. The fourth-order valence-corrected chi connectivity index (χ4v) is 2.85. The van der Waals surface area contributed by atoms with Crippen molar-refractivity contribution in [3.05, 3.63) is 35.9 Å². The van der Waals surface area contributed by atoms with Gasteiger partial charge in [-0.15, -0.1) is 0 Å². The van der Waals surface area contributed by atoms with Crippen molar-refractivity contribution in [2.24, 2.45) is 11.5 Å². The fourth-order valence-electron chi connectivity index (χ4n) is 2.60. The third-order valence-corrected chi connectivity index (χ3v) is 4.59. The molecule has 0 fully saturated rings. The Morgan fingerprint density at radius 1 is 0.935 bits per heavy atom. The summed E-state index contributed by atoms with van der Waals surface area (Å²) in [6, 6.07) is 5.07. The maximum atomic E-state index is 12.7. The number of benzene rings is 1. The van der Waals surface area contributed by atoms with Crippen molar-refractivity contribution in [2.45, 2.75) is 37.4 Å². The van der Waals surface area contributed by atoms with Crippen LogP contribution in [0.3, 0.4) is 0 Å². The Kier molecular flexibility index (Phi) is 11.1. The molecule has 0 spiro atoms. The summed E-state index contributed by atoms with van der Waals surface area (Å²) in [7, 11) is 0. The van der Waals surface area contributed by atoms with E-state index in [0.717, 1.165) is 0 Å². The number of primary amides is 1. The van der Waals surface area contributed by atoms with Crippen LogP contribution < -0.4 is 27.4 Å². The number of nitrogens with one attached hydrogen (secondary N) is 3. The summed E-state index contributed by atoms with van der Waals surface area (Å²) in [5.41, 5.74) is 11.0. The number of carboxylic acids is 1. The molecule has 1 aromatic rings. The molecule has 0 aliphatic carbocycles. The SMILES string of the molecule is NCC(=O)NC(CS)C(=O)NC(CCC(N)=O)C(=O)NC(Cc1ccccc1)C(=O)O. The number of nitrogens with two attached hydrogens (primary N) is 2. The van der Waals surface area contributed by atoms with E-state index in [1.54, 1.807) is 30.3 Å². The van der Waals surface area contributed by atoms with Gasteiger partial charge in [0.05, 0.1) is 6.54 Å². The molecule has 1 aromatic carbocycles. The van der Waals surface area contributed by atoms with Gasteiger partial charge in [-0.25, -0.2) is 4.79 Å². The molecule has 11 nitrogen and oxygen atoms in total. The van der Waals surface area contributed by atoms with Gasteiger partial charge in [0.15, 0.2) is 0 Å². The van der Waals surface area contributed by atoms with Gasteiger partial charge in [0.1, 0.15) is 18.1 Å². The Bertz CT molecular complexity index is 791. The largest absolute Gasteiger partial charge is 0.480 e. The second-order valence-corrected chi connectivity index (χ2v) is 7.03. The van der Waals surface area contributed by atoms with Crippen LogP contribution >= 0.6 is 12.6 Å². The monoisotopic (exact) mass is 453 g/mol. The topological polar surface area (TPSA) is 194 Å². The number of amides is 4. The lowest BCUT2D eigenvalue weighted by Gasteiger charge is -2.23. The minimum absolute atomic E-state index is 0.0181. The Labute approximate surface area is 184 Å². The molecule has 170 valence electrons. The summed E-state index contributed by atoms with van der Waals surface area (Å²) >= 11 is 4.00. The number of hydrogen-bond acceptors (Lipinski definition) is 7. The van der Waals surface area contributed by atoms with Crippen LogP contribution in [0.25, 0.3) is 0 Å². The highest BCUT2D eigenvalue weighted by molar-refractivity contribution is 7.80. The van der Waals surface area contributed by atoms with Crippen molar-refractivity contribution < 1.29 is 29.1 Å². The van der Waals surface area contributed by atoms with Crippen LogP contribution in [0.4, 0.5) is 0 Å². The molecule has 0 aliphatic rings. The molecule has 1 rings (SSSR count). The maximum absolute atomic E-state index is 12.7.